The number of ether oxygens (including phenoxy) is 2. The number of Topliss-reactive ketones (excluding diaryl/α,β-unsaturated/α-hetero) is 1. The molecule has 7 heteroatoms. The van der Waals surface area contributed by atoms with Crippen LogP contribution >= 0.6 is 0 Å². The fourth-order valence-corrected chi connectivity index (χ4v) is 6.48. The quantitative estimate of drug-likeness (QED) is 0.676. The molecule has 7 nitrogen and oxygen atoms in total. The van der Waals surface area contributed by atoms with Crippen LogP contribution in [0.4, 0.5) is 0 Å². The number of hydrogen-bond donors (Lipinski definition) is 1. The highest BCUT2D eigenvalue weighted by molar-refractivity contribution is 6.03. The van der Waals surface area contributed by atoms with E-state index in [1.165, 1.54) is 5.56 Å². The van der Waals surface area contributed by atoms with Crippen LogP contribution in [0.3, 0.4) is 0 Å². The number of nitrogens with one attached hydrogen (secondary N) is 1. The lowest BCUT2D eigenvalue weighted by molar-refractivity contribution is -0.123. The van der Waals surface area contributed by atoms with Gasteiger partial charge in [0, 0.05) is 61.7 Å². The normalized spacial score (nSPS) is 25.8. The summed E-state index contributed by atoms with van der Waals surface area (Å²) in [5, 5.41) is 3.25. The van der Waals surface area contributed by atoms with E-state index in [9.17, 15) is 14.4 Å². The van der Waals surface area contributed by atoms with E-state index in [0.717, 1.165) is 30.6 Å². The molecule has 0 radical (unpaired) electrons. The molecule has 36 heavy (non-hydrogen) atoms. The summed E-state index contributed by atoms with van der Waals surface area (Å²) in [6.07, 6.45) is 3.02. The minimum Gasteiger partial charge on any atom is -0.497 e. The van der Waals surface area contributed by atoms with Crippen molar-refractivity contribution in [2.24, 2.45) is 17.8 Å². The van der Waals surface area contributed by atoms with Gasteiger partial charge in [-0.3, -0.25) is 14.4 Å². The Bertz CT molecular complexity index is 1190. The van der Waals surface area contributed by atoms with Crippen molar-refractivity contribution in [2.75, 3.05) is 40.0 Å². The largest absolute Gasteiger partial charge is 0.497 e. The minimum atomic E-state index is -0.142. The number of hydrogen-bond acceptors (Lipinski definition) is 5. The van der Waals surface area contributed by atoms with E-state index < -0.39 is 0 Å². The fourth-order valence-electron chi connectivity index (χ4n) is 6.48. The highest BCUT2D eigenvalue weighted by Crippen LogP contribution is 2.52. The summed E-state index contributed by atoms with van der Waals surface area (Å²) in [4.78, 5) is 40.1. The van der Waals surface area contributed by atoms with Gasteiger partial charge in [0.15, 0.2) is 5.78 Å². The van der Waals surface area contributed by atoms with Gasteiger partial charge >= 0.3 is 0 Å². The van der Waals surface area contributed by atoms with Crippen molar-refractivity contribution >= 4 is 17.6 Å². The lowest BCUT2D eigenvalue weighted by Gasteiger charge is -2.38. The van der Waals surface area contributed by atoms with E-state index in [1.54, 1.807) is 13.2 Å². The molecule has 2 saturated heterocycles. The Labute approximate surface area is 211 Å². The molecule has 2 aromatic rings. The molecule has 188 valence electrons. The Hall–Kier alpha value is -3.19. The Kier molecular flexibility index (Phi) is 5.83. The Morgan fingerprint density at radius 1 is 1.06 bits per heavy atom. The van der Waals surface area contributed by atoms with Gasteiger partial charge in [-0.2, -0.15) is 0 Å². The highest BCUT2D eigenvalue weighted by Gasteiger charge is 2.60. The first kappa shape index (κ1) is 23.2. The van der Waals surface area contributed by atoms with E-state index >= 15 is 0 Å². The smallest absolute Gasteiger partial charge is 0.253 e. The third kappa shape index (κ3) is 3.99. The second-order valence-corrected chi connectivity index (χ2v) is 10.7. The zero-order valence-corrected chi connectivity index (χ0v) is 20.6. The molecule has 2 aromatic carbocycles. The molecule has 2 aliphatic heterocycles. The zero-order valence-electron chi connectivity index (χ0n) is 20.6. The molecular weight excluding hydrogens is 456 g/mol. The van der Waals surface area contributed by atoms with Crippen LogP contribution in [0.25, 0.3) is 0 Å². The van der Waals surface area contributed by atoms with Gasteiger partial charge in [-0.05, 0) is 66.5 Å². The molecule has 3 fully saturated rings. The van der Waals surface area contributed by atoms with Crippen LogP contribution in [-0.4, -0.2) is 62.5 Å². The fraction of sp³-hybridized carbons (Fsp3) is 0.483. The number of likely N-dealkylation sites (tertiary alicyclic amines) is 1. The molecule has 1 N–H and O–H groups in total. The average Bonchev–Trinajstić information content (AvgIpc) is 3.22. The summed E-state index contributed by atoms with van der Waals surface area (Å²) in [6, 6.07) is 13.6. The van der Waals surface area contributed by atoms with Crippen LogP contribution in [0, 0.1) is 17.8 Å². The third-order valence-electron chi connectivity index (χ3n) is 8.82. The van der Waals surface area contributed by atoms with Crippen LogP contribution in [-0.2, 0) is 21.4 Å². The van der Waals surface area contributed by atoms with Gasteiger partial charge in [0.25, 0.3) is 5.91 Å². The van der Waals surface area contributed by atoms with Gasteiger partial charge in [-0.15, -0.1) is 0 Å². The van der Waals surface area contributed by atoms with Crippen molar-refractivity contribution in [1.29, 1.82) is 0 Å². The summed E-state index contributed by atoms with van der Waals surface area (Å²) in [5.41, 5.74) is 3.37. The number of rotatable bonds is 6. The number of nitrogens with zero attached hydrogens (tertiary/aromatic N) is 1. The first-order valence-electron chi connectivity index (χ1n) is 12.9. The van der Waals surface area contributed by atoms with E-state index in [0.29, 0.717) is 50.4 Å². The van der Waals surface area contributed by atoms with Gasteiger partial charge < -0.3 is 19.7 Å². The summed E-state index contributed by atoms with van der Waals surface area (Å²) in [7, 11) is 1.66. The number of piperidine rings is 1. The molecule has 1 saturated carbocycles. The summed E-state index contributed by atoms with van der Waals surface area (Å²) < 4.78 is 10.9. The number of fused-ring (bicyclic) bond motifs is 2. The van der Waals surface area contributed by atoms with Crippen molar-refractivity contribution in [3.05, 3.63) is 64.7 Å². The molecule has 0 spiro atoms. The standard InChI is InChI=1S/C29H32N2O5/c1-35-21-7-5-20(6-8-21)29(10-12-36-13-11-29)17-30-27(33)26-23-15-31(16-24(23)26)28(34)19-3-2-18-4-9-25(32)22(18)14-19/h2-3,5-8,14,23-24,26H,4,9-13,15-17H2,1H3,(H,30,33)/t23-,24-/m0/s1. The van der Waals surface area contributed by atoms with Gasteiger partial charge in [0.05, 0.1) is 7.11 Å². The lowest BCUT2D eigenvalue weighted by atomic mass is 9.74. The zero-order chi connectivity index (χ0) is 24.9. The number of carbonyl (C=O) groups is 3. The maximum Gasteiger partial charge on any atom is 0.253 e. The summed E-state index contributed by atoms with van der Waals surface area (Å²) >= 11 is 0. The molecule has 2 atom stereocenters. The van der Waals surface area contributed by atoms with Crippen molar-refractivity contribution in [3.8, 4) is 5.75 Å². The highest BCUT2D eigenvalue weighted by atomic mass is 16.5. The molecule has 2 heterocycles. The van der Waals surface area contributed by atoms with Crippen LogP contribution < -0.4 is 10.1 Å². The van der Waals surface area contributed by atoms with Crippen LogP contribution in [0.2, 0.25) is 0 Å². The monoisotopic (exact) mass is 488 g/mol. The minimum absolute atomic E-state index is 0.0246. The predicted octanol–water partition coefficient (Wildman–Crippen LogP) is 3.01. The summed E-state index contributed by atoms with van der Waals surface area (Å²) in [5.74, 6) is 1.42. The van der Waals surface area contributed by atoms with Crippen LogP contribution in [0.5, 0.6) is 5.75 Å². The summed E-state index contributed by atoms with van der Waals surface area (Å²) in [6.45, 7) is 3.15. The average molecular weight is 489 g/mol. The maximum atomic E-state index is 13.1. The van der Waals surface area contributed by atoms with E-state index in [4.69, 9.17) is 9.47 Å². The van der Waals surface area contributed by atoms with Gasteiger partial charge in [-0.25, -0.2) is 0 Å². The molecule has 2 amide bonds. The molecular formula is C29H32N2O5. The molecule has 6 rings (SSSR count). The lowest BCUT2D eigenvalue weighted by Crippen LogP contribution is -2.45. The second kappa shape index (κ2) is 9.04. The van der Waals surface area contributed by atoms with Gasteiger partial charge in [-0.1, -0.05) is 18.2 Å². The topological polar surface area (TPSA) is 84.9 Å². The predicted molar refractivity (Wildman–Crippen MR) is 133 cm³/mol. The number of ketones is 1. The first-order valence-corrected chi connectivity index (χ1v) is 12.9. The Morgan fingerprint density at radius 2 is 1.78 bits per heavy atom. The number of benzene rings is 2. The van der Waals surface area contributed by atoms with Crippen molar-refractivity contribution in [3.63, 3.8) is 0 Å². The number of carbonyl (C=O) groups excluding carboxylic acids is 3. The van der Waals surface area contributed by atoms with E-state index in [1.807, 2.05) is 29.2 Å². The van der Waals surface area contributed by atoms with Crippen molar-refractivity contribution < 1.29 is 23.9 Å². The maximum absolute atomic E-state index is 13.1. The number of methoxy groups -OCH3 is 1. The Morgan fingerprint density at radius 3 is 2.47 bits per heavy atom. The van der Waals surface area contributed by atoms with Gasteiger partial charge in [0.2, 0.25) is 5.91 Å². The van der Waals surface area contributed by atoms with Gasteiger partial charge in [0.1, 0.15) is 5.75 Å². The van der Waals surface area contributed by atoms with Crippen LogP contribution in [0.15, 0.2) is 42.5 Å². The van der Waals surface area contributed by atoms with E-state index in [2.05, 4.69) is 17.4 Å². The van der Waals surface area contributed by atoms with E-state index in [-0.39, 0.29) is 40.8 Å². The Balaban J connectivity index is 1.07. The third-order valence-corrected chi connectivity index (χ3v) is 8.82. The number of amides is 2. The molecule has 0 bridgehead atoms. The second-order valence-electron chi connectivity index (χ2n) is 10.7. The molecule has 0 unspecified atom stereocenters. The molecule has 0 aromatic heterocycles. The van der Waals surface area contributed by atoms with Crippen molar-refractivity contribution in [1.82, 2.24) is 10.2 Å². The molecule has 2 aliphatic carbocycles. The van der Waals surface area contributed by atoms with Crippen LogP contribution in [0.1, 0.15) is 51.1 Å². The first-order chi connectivity index (χ1) is 17.5. The SMILES string of the molecule is COc1ccc(C2(CNC(=O)C3[C@H]4CN(C(=O)c5ccc6c(c5)C(=O)CC6)C[C@H]34)CCOCC2)cc1. The van der Waals surface area contributed by atoms with Crippen molar-refractivity contribution in [2.45, 2.75) is 31.1 Å². The molecule has 4 aliphatic rings. The number of aryl methyl sites for hydroxylation is 1.